The van der Waals surface area contributed by atoms with Gasteiger partial charge in [-0.25, -0.2) is 0 Å². The van der Waals surface area contributed by atoms with Crippen LogP contribution in [0.25, 0.3) is 0 Å². The molecular formula is C11H22N2O. The minimum atomic E-state index is -0.352. The Morgan fingerprint density at radius 3 is 2.00 bits per heavy atom. The minimum Gasteiger partial charge on any atom is -0.351 e. The molecule has 2 unspecified atom stereocenters. The van der Waals surface area contributed by atoms with Gasteiger partial charge in [0, 0.05) is 17.5 Å². The molecule has 14 heavy (non-hydrogen) atoms. The number of carbonyl (C=O) groups excluding carboxylic acids is 1. The standard InChI is InChI=1S/C11H22N2O/c1-10(2,3)11(4,5)9(14)13-8-6-7(8)12/h7-8H,6,12H2,1-5H3,(H,13,14). The number of nitrogens with one attached hydrogen (secondary N) is 1. The van der Waals surface area contributed by atoms with Gasteiger partial charge in [-0.05, 0) is 11.8 Å². The molecule has 0 aromatic rings. The molecule has 0 aromatic heterocycles. The zero-order valence-electron chi connectivity index (χ0n) is 9.85. The molecule has 0 aliphatic heterocycles. The lowest BCUT2D eigenvalue weighted by Crippen LogP contribution is -2.46. The Morgan fingerprint density at radius 1 is 1.29 bits per heavy atom. The fraction of sp³-hybridized carbons (Fsp3) is 0.909. The summed E-state index contributed by atoms with van der Waals surface area (Å²) in [5.41, 5.74) is 5.27. The first-order valence-corrected chi connectivity index (χ1v) is 5.23. The molecule has 1 aliphatic rings. The summed E-state index contributed by atoms with van der Waals surface area (Å²) in [7, 11) is 0. The molecule has 0 radical (unpaired) electrons. The van der Waals surface area contributed by atoms with E-state index in [1.54, 1.807) is 0 Å². The molecule has 0 spiro atoms. The lowest BCUT2D eigenvalue weighted by atomic mass is 9.68. The third-order valence-electron chi connectivity index (χ3n) is 3.60. The summed E-state index contributed by atoms with van der Waals surface area (Å²) in [5, 5.41) is 2.99. The van der Waals surface area contributed by atoms with Crippen molar-refractivity contribution < 1.29 is 4.79 Å². The van der Waals surface area contributed by atoms with Crippen molar-refractivity contribution in [1.29, 1.82) is 0 Å². The molecule has 1 rings (SSSR count). The maximum atomic E-state index is 11.9. The second kappa shape index (κ2) is 3.23. The predicted octanol–water partition coefficient (Wildman–Crippen LogP) is 1.27. The van der Waals surface area contributed by atoms with E-state index in [2.05, 4.69) is 26.1 Å². The van der Waals surface area contributed by atoms with Gasteiger partial charge in [0.15, 0.2) is 0 Å². The summed E-state index contributed by atoms with van der Waals surface area (Å²) in [4.78, 5) is 11.9. The van der Waals surface area contributed by atoms with Gasteiger partial charge < -0.3 is 11.1 Å². The number of rotatable bonds is 2. The van der Waals surface area contributed by atoms with E-state index in [0.717, 1.165) is 6.42 Å². The third-order valence-corrected chi connectivity index (χ3v) is 3.60. The van der Waals surface area contributed by atoms with E-state index in [0.29, 0.717) is 0 Å². The van der Waals surface area contributed by atoms with Gasteiger partial charge in [0.05, 0.1) is 0 Å². The van der Waals surface area contributed by atoms with E-state index in [4.69, 9.17) is 5.73 Å². The number of hydrogen-bond donors (Lipinski definition) is 2. The van der Waals surface area contributed by atoms with Crippen molar-refractivity contribution in [3.63, 3.8) is 0 Å². The third kappa shape index (κ3) is 2.08. The molecule has 2 atom stereocenters. The van der Waals surface area contributed by atoms with Crippen LogP contribution in [0.4, 0.5) is 0 Å². The van der Waals surface area contributed by atoms with Crippen molar-refractivity contribution in [2.24, 2.45) is 16.6 Å². The summed E-state index contributed by atoms with van der Waals surface area (Å²) in [6.45, 7) is 10.2. The van der Waals surface area contributed by atoms with Crippen LogP contribution >= 0.6 is 0 Å². The average molecular weight is 198 g/mol. The van der Waals surface area contributed by atoms with Crippen LogP contribution in [0.15, 0.2) is 0 Å². The highest BCUT2D eigenvalue weighted by Gasteiger charge is 2.43. The Balaban J connectivity index is 2.59. The van der Waals surface area contributed by atoms with Gasteiger partial charge in [0.2, 0.25) is 5.91 Å². The molecule has 0 heterocycles. The van der Waals surface area contributed by atoms with Gasteiger partial charge in [0.1, 0.15) is 0 Å². The second-order valence-corrected chi connectivity index (χ2v) is 5.85. The molecule has 0 bridgehead atoms. The van der Waals surface area contributed by atoms with Crippen LogP contribution in [0.3, 0.4) is 0 Å². The van der Waals surface area contributed by atoms with Crippen LogP contribution in [0, 0.1) is 10.8 Å². The Kier molecular flexibility index (Phi) is 2.65. The molecule has 3 N–H and O–H groups in total. The zero-order valence-corrected chi connectivity index (χ0v) is 9.85. The van der Waals surface area contributed by atoms with Crippen LogP contribution in [-0.4, -0.2) is 18.0 Å². The molecule has 1 amide bonds. The highest BCUT2D eigenvalue weighted by molar-refractivity contribution is 5.83. The van der Waals surface area contributed by atoms with Gasteiger partial charge in [-0.2, -0.15) is 0 Å². The lowest BCUT2D eigenvalue weighted by molar-refractivity contribution is -0.134. The maximum Gasteiger partial charge on any atom is 0.226 e. The molecule has 0 saturated heterocycles. The molecule has 3 nitrogen and oxygen atoms in total. The number of nitrogens with two attached hydrogens (primary N) is 1. The highest BCUT2D eigenvalue weighted by Crippen LogP contribution is 2.38. The van der Waals surface area contributed by atoms with E-state index in [9.17, 15) is 4.79 Å². The van der Waals surface area contributed by atoms with Gasteiger partial charge in [0.25, 0.3) is 0 Å². The van der Waals surface area contributed by atoms with E-state index in [1.165, 1.54) is 0 Å². The van der Waals surface area contributed by atoms with E-state index in [1.807, 2.05) is 13.8 Å². The molecule has 1 fully saturated rings. The first kappa shape index (κ1) is 11.5. The van der Waals surface area contributed by atoms with Crippen molar-refractivity contribution in [2.75, 3.05) is 0 Å². The summed E-state index contributed by atoms with van der Waals surface area (Å²) in [6, 6.07) is 0.388. The van der Waals surface area contributed by atoms with E-state index >= 15 is 0 Å². The quantitative estimate of drug-likeness (QED) is 0.702. The Morgan fingerprint density at radius 2 is 1.71 bits per heavy atom. The van der Waals surface area contributed by atoms with Crippen LogP contribution in [-0.2, 0) is 4.79 Å². The van der Waals surface area contributed by atoms with Crippen molar-refractivity contribution >= 4 is 5.91 Å². The summed E-state index contributed by atoms with van der Waals surface area (Å²) in [6.07, 6.45) is 0.923. The van der Waals surface area contributed by atoms with Crippen LogP contribution in [0.5, 0.6) is 0 Å². The van der Waals surface area contributed by atoms with Crippen molar-refractivity contribution in [3.05, 3.63) is 0 Å². The van der Waals surface area contributed by atoms with Crippen LogP contribution in [0.2, 0.25) is 0 Å². The Hall–Kier alpha value is -0.570. The molecule has 82 valence electrons. The summed E-state index contributed by atoms with van der Waals surface area (Å²) in [5.74, 6) is 0.114. The zero-order chi connectivity index (χ0) is 11.1. The van der Waals surface area contributed by atoms with Gasteiger partial charge in [-0.1, -0.05) is 34.6 Å². The topological polar surface area (TPSA) is 55.1 Å². The highest BCUT2D eigenvalue weighted by atomic mass is 16.2. The van der Waals surface area contributed by atoms with Gasteiger partial charge in [-0.15, -0.1) is 0 Å². The van der Waals surface area contributed by atoms with Crippen LogP contribution in [0.1, 0.15) is 41.0 Å². The van der Waals surface area contributed by atoms with E-state index in [-0.39, 0.29) is 28.8 Å². The van der Waals surface area contributed by atoms with Crippen molar-refractivity contribution in [1.82, 2.24) is 5.32 Å². The molecule has 1 aliphatic carbocycles. The largest absolute Gasteiger partial charge is 0.351 e. The molecule has 0 aromatic carbocycles. The fourth-order valence-electron chi connectivity index (χ4n) is 1.07. The normalized spacial score (nSPS) is 27.3. The van der Waals surface area contributed by atoms with Gasteiger partial charge >= 0.3 is 0 Å². The minimum absolute atomic E-state index is 0.0317. The maximum absolute atomic E-state index is 11.9. The van der Waals surface area contributed by atoms with Crippen molar-refractivity contribution in [2.45, 2.75) is 53.1 Å². The first-order chi connectivity index (χ1) is 6.16. The van der Waals surface area contributed by atoms with Crippen molar-refractivity contribution in [3.8, 4) is 0 Å². The predicted molar refractivity (Wildman–Crippen MR) is 57.8 cm³/mol. The molecular weight excluding hydrogens is 176 g/mol. The summed E-state index contributed by atoms with van der Waals surface area (Å²) >= 11 is 0. The summed E-state index contributed by atoms with van der Waals surface area (Å²) < 4.78 is 0. The Bertz CT molecular complexity index is 240. The SMILES string of the molecule is CC(C)(C)C(C)(C)C(=O)NC1CC1N. The first-order valence-electron chi connectivity index (χ1n) is 5.23. The number of amides is 1. The Labute approximate surface area is 86.4 Å². The fourth-order valence-corrected chi connectivity index (χ4v) is 1.07. The second-order valence-electron chi connectivity index (χ2n) is 5.85. The van der Waals surface area contributed by atoms with Crippen LogP contribution < -0.4 is 11.1 Å². The average Bonchev–Trinajstić information content (AvgIpc) is 2.63. The monoisotopic (exact) mass is 198 g/mol. The number of hydrogen-bond acceptors (Lipinski definition) is 2. The van der Waals surface area contributed by atoms with Gasteiger partial charge in [-0.3, -0.25) is 4.79 Å². The van der Waals surface area contributed by atoms with E-state index < -0.39 is 0 Å². The smallest absolute Gasteiger partial charge is 0.226 e. The number of carbonyl (C=O) groups is 1. The lowest BCUT2D eigenvalue weighted by Gasteiger charge is -2.37. The molecule has 3 heteroatoms. The molecule has 1 saturated carbocycles.